The lowest BCUT2D eigenvalue weighted by atomic mass is 9.97. The number of carbonyl (C=O) groups is 2. The number of hydrogen-bond acceptors (Lipinski definition) is 8. The highest BCUT2D eigenvalue weighted by molar-refractivity contribution is 5.73. The van der Waals surface area contributed by atoms with Crippen molar-refractivity contribution in [2.45, 2.75) is 50.6 Å². The van der Waals surface area contributed by atoms with Crippen molar-refractivity contribution in [1.82, 2.24) is 5.32 Å². The van der Waals surface area contributed by atoms with Gasteiger partial charge in [0.1, 0.15) is 24.4 Å². The number of rotatable bonds is 5. The van der Waals surface area contributed by atoms with Crippen molar-refractivity contribution in [2.24, 2.45) is 0 Å². The van der Waals surface area contributed by atoms with Crippen molar-refractivity contribution < 1.29 is 39.5 Å². The number of aliphatic hydroxyl groups is 3. The molecule has 0 radical (unpaired) electrons. The predicted octanol–water partition coefficient (Wildman–Crippen LogP) is -3.91. The molecule has 1 aliphatic rings. The molecule has 0 saturated carbocycles. The van der Waals surface area contributed by atoms with Gasteiger partial charge >= 0.3 is 0 Å². The van der Waals surface area contributed by atoms with Gasteiger partial charge in [-0.1, -0.05) is 0 Å². The van der Waals surface area contributed by atoms with Crippen LogP contribution in [0.1, 0.15) is 13.8 Å². The fourth-order valence-electron chi connectivity index (χ4n) is 1.84. The van der Waals surface area contributed by atoms with Crippen LogP contribution in [0.15, 0.2) is 0 Å². The van der Waals surface area contributed by atoms with Gasteiger partial charge in [-0.25, -0.2) is 0 Å². The van der Waals surface area contributed by atoms with Gasteiger partial charge in [0.25, 0.3) is 0 Å². The Morgan fingerprint density at radius 3 is 2.45 bits per heavy atom. The Morgan fingerprint density at radius 2 is 2.00 bits per heavy atom. The fourth-order valence-corrected chi connectivity index (χ4v) is 1.84. The number of aliphatic hydroxyl groups excluding tert-OH is 3. The Hall–Kier alpha value is -1.26. The monoisotopic (exact) mass is 292 g/mol. The molecule has 1 amide bonds. The number of hydrogen-bond donors (Lipinski definition) is 4. The largest absolute Gasteiger partial charge is 0.547 e. The normalized spacial score (nSPS) is 35.4. The molecule has 1 heterocycles. The van der Waals surface area contributed by atoms with E-state index in [-0.39, 0.29) is 0 Å². The van der Waals surface area contributed by atoms with Gasteiger partial charge in [-0.05, 0) is 6.92 Å². The molecule has 9 heteroatoms. The van der Waals surface area contributed by atoms with Crippen molar-refractivity contribution >= 4 is 11.9 Å². The lowest BCUT2D eigenvalue weighted by molar-refractivity contribution is -0.331. The third-order valence-corrected chi connectivity index (χ3v) is 2.92. The average Bonchev–Trinajstić information content (AvgIpc) is 2.37. The number of carboxylic acid groups (broad SMARTS) is 1. The van der Waals surface area contributed by atoms with E-state index in [0.29, 0.717) is 0 Å². The molecule has 20 heavy (non-hydrogen) atoms. The zero-order valence-corrected chi connectivity index (χ0v) is 11.1. The Kier molecular flexibility index (Phi) is 5.84. The third kappa shape index (κ3) is 3.87. The second-order valence-electron chi connectivity index (χ2n) is 4.53. The molecule has 1 aliphatic heterocycles. The summed E-state index contributed by atoms with van der Waals surface area (Å²) in [7, 11) is 0. The van der Waals surface area contributed by atoms with Crippen LogP contribution in [0.25, 0.3) is 0 Å². The lowest BCUT2D eigenvalue weighted by Gasteiger charge is -2.43. The van der Waals surface area contributed by atoms with E-state index in [1.54, 1.807) is 0 Å². The Morgan fingerprint density at radius 1 is 1.40 bits per heavy atom. The first kappa shape index (κ1) is 16.8. The van der Waals surface area contributed by atoms with Gasteiger partial charge < -0.3 is 40.0 Å². The summed E-state index contributed by atoms with van der Waals surface area (Å²) in [6, 6.07) is -1.17. The smallest absolute Gasteiger partial charge is 0.217 e. The van der Waals surface area contributed by atoms with Crippen LogP contribution in [0.2, 0.25) is 0 Å². The molecule has 6 atom stereocenters. The standard InChI is InChI=1S/C11H19NO8/c1-4(10(17)18)19-11-7(12-5(2)14)9(16)8(15)6(3-13)20-11/h4,6-9,11,13,15-16H,3H2,1-2H3,(H,12,14)(H,17,18)/p-1/t4-,6?,7?,8+,9+,11+/m0/s1. The first-order valence-electron chi connectivity index (χ1n) is 6.03. The number of carboxylic acids is 1. The van der Waals surface area contributed by atoms with Gasteiger partial charge in [0.15, 0.2) is 6.29 Å². The molecule has 0 aliphatic carbocycles. The Labute approximate surface area is 115 Å². The molecule has 0 aromatic rings. The van der Waals surface area contributed by atoms with Gasteiger partial charge in [-0.2, -0.15) is 0 Å². The van der Waals surface area contributed by atoms with Crippen LogP contribution in [0, 0.1) is 0 Å². The van der Waals surface area contributed by atoms with Gasteiger partial charge in [-0.3, -0.25) is 4.79 Å². The highest BCUT2D eigenvalue weighted by Gasteiger charge is 2.45. The molecule has 1 rings (SSSR count). The quantitative estimate of drug-likeness (QED) is 0.401. The highest BCUT2D eigenvalue weighted by Crippen LogP contribution is 2.23. The van der Waals surface area contributed by atoms with Crippen molar-refractivity contribution in [3.8, 4) is 0 Å². The van der Waals surface area contributed by atoms with E-state index in [1.165, 1.54) is 13.8 Å². The second kappa shape index (κ2) is 6.95. The molecule has 1 fully saturated rings. The summed E-state index contributed by atoms with van der Waals surface area (Å²) >= 11 is 0. The van der Waals surface area contributed by atoms with E-state index in [9.17, 15) is 24.9 Å². The van der Waals surface area contributed by atoms with Crippen LogP contribution in [-0.4, -0.2) is 70.6 Å². The molecule has 116 valence electrons. The minimum absolute atomic E-state index is 0.526. The fraction of sp³-hybridized carbons (Fsp3) is 0.818. The number of amides is 1. The summed E-state index contributed by atoms with van der Waals surface area (Å²) in [4.78, 5) is 21.7. The van der Waals surface area contributed by atoms with Crippen LogP contribution in [-0.2, 0) is 19.1 Å². The van der Waals surface area contributed by atoms with E-state index >= 15 is 0 Å². The minimum atomic E-state index is -1.50. The number of nitrogens with one attached hydrogen (secondary N) is 1. The summed E-state index contributed by atoms with van der Waals surface area (Å²) in [6.07, 6.45) is -6.80. The maximum Gasteiger partial charge on any atom is 0.217 e. The molecule has 2 unspecified atom stereocenters. The number of aliphatic carboxylic acids is 1. The van der Waals surface area contributed by atoms with Crippen molar-refractivity contribution in [3.63, 3.8) is 0 Å². The summed E-state index contributed by atoms with van der Waals surface area (Å²) in [5.41, 5.74) is 0. The molecule has 0 aromatic carbocycles. The van der Waals surface area contributed by atoms with E-state index in [0.717, 1.165) is 0 Å². The first-order valence-corrected chi connectivity index (χ1v) is 6.03. The van der Waals surface area contributed by atoms with Gasteiger partial charge in [0.2, 0.25) is 5.91 Å². The lowest BCUT2D eigenvalue weighted by Crippen LogP contribution is -2.65. The SMILES string of the molecule is CC(=O)NC1[C@H](O[C@@H](C)C(=O)[O-])OC(CO)[C@@H](O)[C@@H]1O. The second-order valence-corrected chi connectivity index (χ2v) is 4.53. The van der Waals surface area contributed by atoms with E-state index in [2.05, 4.69) is 5.32 Å². The van der Waals surface area contributed by atoms with Crippen LogP contribution in [0.3, 0.4) is 0 Å². The van der Waals surface area contributed by atoms with Crippen molar-refractivity contribution in [1.29, 1.82) is 0 Å². The summed E-state index contributed by atoms with van der Waals surface area (Å²) < 4.78 is 10.2. The maximum atomic E-state index is 11.1. The minimum Gasteiger partial charge on any atom is -0.547 e. The van der Waals surface area contributed by atoms with E-state index < -0.39 is 55.2 Å². The predicted molar refractivity (Wildman–Crippen MR) is 60.9 cm³/mol. The molecule has 0 spiro atoms. The van der Waals surface area contributed by atoms with Gasteiger partial charge in [0, 0.05) is 6.92 Å². The summed E-state index contributed by atoms with van der Waals surface area (Å²) in [5.74, 6) is -2.03. The Balaban J connectivity index is 2.88. The molecule has 0 bridgehead atoms. The van der Waals surface area contributed by atoms with Crippen molar-refractivity contribution in [2.75, 3.05) is 6.61 Å². The van der Waals surface area contributed by atoms with Crippen LogP contribution in [0.4, 0.5) is 0 Å². The summed E-state index contributed by atoms with van der Waals surface area (Å²) in [5, 5.41) is 41.6. The zero-order valence-electron chi connectivity index (χ0n) is 11.1. The summed E-state index contributed by atoms with van der Waals surface area (Å²) in [6.45, 7) is 1.76. The van der Waals surface area contributed by atoms with Crippen LogP contribution in [0.5, 0.6) is 0 Å². The first-order chi connectivity index (χ1) is 9.27. The molecule has 0 aromatic heterocycles. The Bertz CT molecular complexity index is 362. The topological polar surface area (TPSA) is 148 Å². The molecule has 1 saturated heterocycles. The number of carbonyl (C=O) groups excluding carboxylic acids is 2. The average molecular weight is 292 g/mol. The third-order valence-electron chi connectivity index (χ3n) is 2.92. The molecule has 4 N–H and O–H groups in total. The molecular weight excluding hydrogens is 274 g/mol. The van der Waals surface area contributed by atoms with E-state index in [4.69, 9.17) is 14.6 Å². The highest BCUT2D eigenvalue weighted by atomic mass is 16.7. The van der Waals surface area contributed by atoms with Gasteiger partial charge in [0.05, 0.1) is 18.7 Å². The van der Waals surface area contributed by atoms with Crippen LogP contribution >= 0.6 is 0 Å². The van der Waals surface area contributed by atoms with Crippen LogP contribution < -0.4 is 10.4 Å². The maximum absolute atomic E-state index is 11.1. The zero-order chi connectivity index (χ0) is 15.4. The molecular formula is C11H18NO8-. The van der Waals surface area contributed by atoms with Gasteiger partial charge in [-0.15, -0.1) is 0 Å². The molecule has 9 nitrogen and oxygen atoms in total. The number of ether oxygens (including phenoxy) is 2. The van der Waals surface area contributed by atoms with Crippen molar-refractivity contribution in [3.05, 3.63) is 0 Å². The van der Waals surface area contributed by atoms with E-state index in [1.807, 2.05) is 0 Å².